The summed E-state index contributed by atoms with van der Waals surface area (Å²) in [4.78, 5) is 18.5. The summed E-state index contributed by atoms with van der Waals surface area (Å²) in [6, 6.07) is 29.5. The first kappa shape index (κ1) is 19.8. The Hall–Kier alpha value is -4.18. The molecular formula is C28H22N2O2. The number of aromatic nitrogens is 1. The van der Waals surface area contributed by atoms with Gasteiger partial charge in [-0.05, 0) is 54.3 Å². The highest BCUT2D eigenvalue weighted by Gasteiger charge is 2.19. The Labute approximate surface area is 186 Å². The van der Waals surface area contributed by atoms with Crippen molar-refractivity contribution in [3.05, 3.63) is 102 Å². The van der Waals surface area contributed by atoms with Crippen LogP contribution in [0.2, 0.25) is 0 Å². The molecule has 5 rings (SSSR count). The van der Waals surface area contributed by atoms with E-state index in [0.29, 0.717) is 5.56 Å². The predicted octanol–water partition coefficient (Wildman–Crippen LogP) is 6.62. The number of benzene rings is 4. The van der Waals surface area contributed by atoms with Crippen LogP contribution in [0.3, 0.4) is 0 Å². The number of methoxy groups -OCH3 is 1. The van der Waals surface area contributed by atoms with Crippen LogP contribution in [-0.4, -0.2) is 18.0 Å². The summed E-state index contributed by atoms with van der Waals surface area (Å²) in [5, 5.41) is 6.07. The molecular weight excluding hydrogens is 396 g/mol. The van der Waals surface area contributed by atoms with E-state index in [-0.39, 0.29) is 5.91 Å². The number of ether oxygens (including phenoxy) is 1. The van der Waals surface area contributed by atoms with E-state index in [1.807, 2.05) is 97.9 Å². The largest absolute Gasteiger partial charge is 0.497 e. The molecule has 0 unspecified atom stereocenters. The monoisotopic (exact) mass is 418 g/mol. The third kappa shape index (κ3) is 3.46. The Morgan fingerprint density at radius 1 is 0.812 bits per heavy atom. The van der Waals surface area contributed by atoms with E-state index in [2.05, 4.69) is 5.32 Å². The van der Waals surface area contributed by atoms with Crippen molar-refractivity contribution in [2.24, 2.45) is 0 Å². The quantitative estimate of drug-likeness (QED) is 0.357. The minimum Gasteiger partial charge on any atom is -0.497 e. The number of fused-ring (bicyclic) bond motifs is 2. The maximum absolute atomic E-state index is 13.6. The summed E-state index contributed by atoms with van der Waals surface area (Å²) in [7, 11) is 1.64. The van der Waals surface area contributed by atoms with Crippen molar-refractivity contribution in [3.8, 4) is 17.0 Å². The van der Waals surface area contributed by atoms with Gasteiger partial charge >= 0.3 is 0 Å². The number of carbonyl (C=O) groups excluding carboxylic acids is 1. The molecule has 5 aromatic rings. The van der Waals surface area contributed by atoms with Crippen LogP contribution in [0.4, 0.5) is 5.69 Å². The normalized spacial score (nSPS) is 10.9. The van der Waals surface area contributed by atoms with Gasteiger partial charge in [-0.25, -0.2) is 4.98 Å². The molecule has 0 aliphatic carbocycles. The molecule has 0 fully saturated rings. The highest BCUT2D eigenvalue weighted by molar-refractivity contribution is 6.16. The van der Waals surface area contributed by atoms with Gasteiger partial charge < -0.3 is 10.1 Å². The molecule has 32 heavy (non-hydrogen) atoms. The Balaban J connectivity index is 1.65. The highest BCUT2D eigenvalue weighted by atomic mass is 16.5. The lowest BCUT2D eigenvalue weighted by molar-refractivity contribution is 0.102. The molecule has 0 bridgehead atoms. The van der Waals surface area contributed by atoms with Crippen molar-refractivity contribution < 1.29 is 9.53 Å². The molecule has 1 aromatic heterocycles. The summed E-state index contributed by atoms with van der Waals surface area (Å²) in [5.41, 5.74) is 4.77. The number of nitrogens with one attached hydrogen (secondary N) is 1. The SMILES string of the molecule is COc1ccc(-c2nc3ccccc3c(C(=O)Nc3cccc4ccccc34)c2C)cc1. The molecule has 4 aromatic carbocycles. The number of amides is 1. The Morgan fingerprint density at radius 2 is 1.50 bits per heavy atom. The number of anilines is 1. The lowest BCUT2D eigenvalue weighted by atomic mass is 9.97. The number of pyridine rings is 1. The fraction of sp³-hybridized carbons (Fsp3) is 0.0714. The average molecular weight is 418 g/mol. The molecule has 4 nitrogen and oxygen atoms in total. The van der Waals surface area contributed by atoms with Crippen LogP contribution < -0.4 is 10.1 Å². The standard InChI is InChI=1S/C28H22N2O2/c1-18-26(28(31)30-24-13-7-9-19-8-3-4-10-22(19)24)23-11-5-6-12-25(23)29-27(18)20-14-16-21(32-2)17-15-20/h3-17H,1-2H3,(H,30,31). The van der Waals surface area contributed by atoms with Crippen molar-refractivity contribution in [3.63, 3.8) is 0 Å². The second-order valence-electron chi connectivity index (χ2n) is 7.69. The van der Waals surface area contributed by atoms with Gasteiger partial charge in [0.05, 0.1) is 23.9 Å². The Kier molecular flexibility index (Phi) is 5.04. The zero-order chi connectivity index (χ0) is 22.1. The summed E-state index contributed by atoms with van der Waals surface area (Å²) in [6.45, 7) is 1.96. The molecule has 156 valence electrons. The number of carbonyl (C=O) groups is 1. The highest BCUT2D eigenvalue weighted by Crippen LogP contribution is 2.32. The predicted molar refractivity (Wildman–Crippen MR) is 130 cm³/mol. The van der Waals surface area contributed by atoms with E-state index in [1.165, 1.54) is 0 Å². The van der Waals surface area contributed by atoms with Crippen LogP contribution in [0.25, 0.3) is 32.9 Å². The smallest absolute Gasteiger partial charge is 0.256 e. The van der Waals surface area contributed by atoms with E-state index < -0.39 is 0 Å². The number of nitrogens with zero attached hydrogens (tertiary/aromatic N) is 1. The van der Waals surface area contributed by atoms with Gasteiger partial charge in [0.1, 0.15) is 5.75 Å². The van der Waals surface area contributed by atoms with Crippen molar-refractivity contribution in [1.82, 2.24) is 4.98 Å². The first-order valence-electron chi connectivity index (χ1n) is 10.5. The maximum atomic E-state index is 13.6. The summed E-state index contributed by atoms with van der Waals surface area (Å²) in [6.07, 6.45) is 0. The molecule has 0 atom stereocenters. The van der Waals surface area contributed by atoms with Gasteiger partial charge in [-0.3, -0.25) is 4.79 Å². The van der Waals surface area contributed by atoms with Gasteiger partial charge in [0, 0.05) is 22.0 Å². The van der Waals surface area contributed by atoms with Crippen LogP contribution in [0.1, 0.15) is 15.9 Å². The summed E-state index contributed by atoms with van der Waals surface area (Å²) >= 11 is 0. The van der Waals surface area contributed by atoms with Gasteiger partial charge in [-0.2, -0.15) is 0 Å². The second kappa shape index (κ2) is 8.16. The third-order valence-electron chi connectivity index (χ3n) is 5.76. The molecule has 1 N–H and O–H groups in total. The minimum atomic E-state index is -0.146. The first-order valence-corrected chi connectivity index (χ1v) is 10.5. The zero-order valence-electron chi connectivity index (χ0n) is 17.9. The van der Waals surface area contributed by atoms with E-state index in [1.54, 1.807) is 7.11 Å². The van der Waals surface area contributed by atoms with Crippen LogP contribution in [0, 0.1) is 6.92 Å². The fourth-order valence-electron chi connectivity index (χ4n) is 4.15. The molecule has 0 aliphatic heterocycles. The van der Waals surface area contributed by atoms with Crippen LogP contribution in [0.15, 0.2) is 91.0 Å². The van der Waals surface area contributed by atoms with Gasteiger partial charge in [0.15, 0.2) is 0 Å². The summed E-state index contributed by atoms with van der Waals surface area (Å²) < 4.78 is 5.28. The molecule has 0 radical (unpaired) electrons. The molecule has 0 saturated carbocycles. The lowest BCUT2D eigenvalue weighted by Crippen LogP contribution is -2.15. The minimum absolute atomic E-state index is 0.146. The topological polar surface area (TPSA) is 51.2 Å². The summed E-state index contributed by atoms with van der Waals surface area (Å²) in [5.74, 6) is 0.633. The van der Waals surface area contributed by atoms with Crippen LogP contribution in [0.5, 0.6) is 5.75 Å². The van der Waals surface area contributed by atoms with Crippen LogP contribution >= 0.6 is 0 Å². The van der Waals surface area contributed by atoms with E-state index >= 15 is 0 Å². The van der Waals surface area contributed by atoms with Gasteiger partial charge in [0.25, 0.3) is 5.91 Å². The third-order valence-corrected chi connectivity index (χ3v) is 5.76. The van der Waals surface area contributed by atoms with E-state index in [9.17, 15) is 4.79 Å². The zero-order valence-corrected chi connectivity index (χ0v) is 17.9. The Bertz CT molecular complexity index is 1450. The number of rotatable bonds is 4. The molecule has 0 aliphatic rings. The van der Waals surface area contributed by atoms with E-state index in [4.69, 9.17) is 9.72 Å². The average Bonchev–Trinajstić information content (AvgIpc) is 2.84. The molecule has 4 heteroatoms. The van der Waals surface area contributed by atoms with Crippen molar-refractivity contribution in [2.45, 2.75) is 6.92 Å². The van der Waals surface area contributed by atoms with Crippen molar-refractivity contribution in [1.29, 1.82) is 0 Å². The lowest BCUT2D eigenvalue weighted by Gasteiger charge is -2.16. The van der Waals surface area contributed by atoms with Gasteiger partial charge in [0.2, 0.25) is 0 Å². The van der Waals surface area contributed by atoms with Crippen LogP contribution in [-0.2, 0) is 0 Å². The fourth-order valence-corrected chi connectivity index (χ4v) is 4.15. The van der Waals surface area contributed by atoms with Gasteiger partial charge in [-0.15, -0.1) is 0 Å². The van der Waals surface area contributed by atoms with Crippen molar-refractivity contribution in [2.75, 3.05) is 12.4 Å². The van der Waals surface area contributed by atoms with Crippen molar-refractivity contribution >= 4 is 33.3 Å². The molecule has 0 saturated heterocycles. The second-order valence-corrected chi connectivity index (χ2v) is 7.69. The van der Waals surface area contributed by atoms with E-state index in [0.717, 1.165) is 49.9 Å². The maximum Gasteiger partial charge on any atom is 0.256 e. The number of hydrogen-bond acceptors (Lipinski definition) is 3. The number of hydrogen-bond donors (Lipinski definition) is 1. The number of para-hydroxylation sites is 1. The molecule has 1 amide bonds. The molecule has 1 heterocycles. The Morgan fingerprint density at radius 3 is 2.28 bits per heavy atom. The van der Waals surface area contributed by atoms with Gasteiger partial charge in [-0.1, -0.05) is 54.6 Å². The first-order chi connectivity index (χ1) is 15.7. The molecule has 0 spiro atoms.